The van der Waals surface area contributed by atoms with E-state index in [4.69, 9.17) is 9.73 Å². The van der Waals surface area contributed by atoms with E-state index in [-0.39, 0.29) is 0 Å². The monoisotopic (exact) mass is 325 g/mol. The van der Waals surface area contributed by atoms with Crippen molar-refractivity contribution in [2.75, 3.05) is 45.1 Å². The van der Waals surface area contributed by atoms with E-state index in [2.05, 4.69) is 28.9 Å². The lowest BCUT2D eigenvalue weighted by Gasteiger charge is -2.45. The Morgan fingerprint density at radius 3 is 2.95 bits per heavy atom. The van der Waals surface area contributed by atoms with E-state index in [9.17, 15) is 0 Å². The molecule has 0 aromatic carbocycles. The van der Waals surface area contributed by atoms with E-state index in [1.54, 1.807) is 0 Å². The summed E-state index contributed by atoms with van der Waals surface area (Å²) in [5.41, 5.74) is 0. The number of guanidine groups is 1. The van der Waals surface area contributed by atoms with Crippen LogP contribution >= 0.6 is 11.8 Å². The van der Waals surface area contributed by atoms with Crippen molar-refractivity contribution in [1.29, 1.82) is 0 Å². The molecular weight excluding hydrogens is 294 g/mol. The molecule has 2 saturated heterocycles. The first-order valence-electron chi connectivity index (χ1n) is 9.06. The second kappa shape index (κ2) is 7.91. The number of hydrogen-bond donors (Lipinski definition) is 1. The third-order valence-corrected chi connectivity index (χ3v) is 6.71. The van der Waals surface area contributed by atoms with Gasteiger partial charge in [-0.3, -0.25) is 4.99 Å². The Morgan fingerprint density at radius 2 is 2.23 bits per heavy atom. The molecule has 1 saturated carbocycles. The van der Waals surface area contributed by atoms with Crippen LogP contribution in [0, 0.1) is 5.92 Å². The average molecular weight is 326 g/mol. The highest BCUT2D eigenvalue weighted by molar-refractivity contribution is 8.00. The van der Waals surface area contributed by atoms with Gasteiger partial charge < -0.3 is 15.0 Å². The van der Waals surface area contributed by atoms with Gasteiger partial charge in [-0.15, -0.1) is 0 Å². The van der Waals surface area contributed by atoms with Gasteiger partial charge in [-0.25, -0.2) is 0 Å². The maximum absolute atomic E-state index is 5.48. The molecular formula is C17H31N3OS. The third-order valence-electron chi connectivity index (χ3n) is 5.17. The molecule has 22 heavy (non-hydrogen) atoms. The van der Waals surface area contributed by atoms with E-state index in [1.165, 1.54) is 50.8 Å². The van der Waals surface area contributed by atoms with Crippen molar-refractivity contribution in [3.8, 4) is 0 Å². The van der Waals surface area contributed by atoms with Crippen molar-refractivity contribution in [3.63, 3.8) is 0 Å². The summed E-state index contributed by atoms with van der Waals surface area (Å²) in [5.74, 6) is 3.01. The van der Waals surface area contributed by atoms with E-state index >= 15 is 0 Å². The lowest BCUT2D eigenvalue weighted by atomic mass is 9.87. The van der Waals surface area contributed by atoms with Crippen LogP contribution in [0.25, 0.3) is 0 Å². The van der Waals surface area contributed by atoms with Gasteiger partial charge in [0.1, 0.15) is 0 Å². The van der Waals surface area contributed by atoms with Crippen LogP contribution in [-0.4, -0.2) is 60.8 Å². The Labute approximate surface area is 139 Å². The molecule has 1 N–H and O–H groups in total. The summed E-state index contributed by atoms with van der Waals surface area (Å²) in [6.45, 7) is 8.17. The van der Waals surface area contributed by atoms with Crippen LogP contribution in [0.5, 0.6) is 0 Å². The molecule has 0 amide bonds. The van der Waals surface area contributed by atoms with Crippen LogP contribution in [-0.2, 0) is 4.74 Å². The molecule has 1 spiro atoms. The normalized spacial score (nSPS) is 29.0. The van der Waals surface area contributed by atoms with Gasteiger partial charge in [0, 0.05) is 49.2 Å². The summed E-state index contributed by atoms with van der Waals surface area (Å²) >= 11 is 2.22. The van der Waals surface area contributed by atoms with Crippen molar-refractivity contribution in [2.45, 2.75) is 50.2 Å². The minimum absolute atomic E-state index is 0.503. The van der Waals surface area contributed by atoms with Crippen molar-refractivity contribution >= 4 is 17.7 Å². The van der Waals surface area contributed by atoms with Gasteiger partial charge in [0.25, 0.3) is 0 Å². The SMILES string of the molecule is CCNC(=NCC1CCOC1)N1CCSC2(CCCCC2)C1. The Kier molecular flexibility index (Phi) is 5.91. The zero-order chi connectivity index (χ0) is 15.3. The summed E-state index contributed by atoms with van der Waals surface area (Å²) in [6, 6.07) is 0. The third kappa shape index (κ3) is 4.10. The highest BCUT2D eigenvalue weighted by atomic mass is 32.2. The molecule has 0 aromatic rings. The molecule has 3 rings (SSSR count). The predicted molar refractivity (Wildman–Crippen MR) is 94.8 cm³/mol. The molecule has 0 aromatic heterocycles. The molecule has 126 valence electrons. The number of nitrogens with zero attached hydrogens (tertiary/aromatic N) is 2. The van der Waals surface area contributed by atoms with Crippen LogP contribution < -0.4 is 5.32 Å². The van der Waals surface area contributed by atoms with Gasteiger partial charge in [0.05, 0.1) is 6.61 Å². The molecule has 3 fully saturated rings. The first-order valence-corrected chi connectivity index (χ1v) is 10.0. The fourth-order valence-electron chi connectivity index (χ4n) is 3.89. The van der Waals surface area contributed by atoms with Gasteiger partial charge in [0.2, 0.25) is 0 Å². The lowest BCUT2D eigenvalue weighted by molar-refractivity contribution is 0.187. The van der Waals surface area contributed by atoms with Crippen molar-refractivity contribution in [3.05, 3.63) is 0 Å². The predicted octanol–water partition coefficient (Wildman–Crippen LogP) is 2.74. The molecule has 1 unspecified atom stereocenters. The zero-order valence-corrected chi connectivity index (χ0v) is 14.8. The Balaban J connectivity index is 1.63. The average Bonchev–Trinajstić information content (AvgIpc) is 3.05. The minimum Gasteiger partial charge on any atom is -0.381 e. The smallest absolute Gasteiger partial charge is 0.193 e. The standard InChI is InChI=1S/C17H31N3OS/c1-2-18-16(19-12-15-6-10-21-13-15)20-9-11-22-17(14-20)7-4-3-5-8-17/h15H,2-14H2,1H3,(H,18,19). The number of nitrogens with one attached hydrogen (secondary N) is 1. The number of rotatable bonds is 3. The fraction of sp³-hybridized carbons (Fsp3) is 0.941. The van der Waals surface area contributed by atoms with Gasteiger partial charge in [-0.05, 0) is 26.2 Å². The number of ether oxygens (including phenoxy) is 1. The first kappa shape index (κ1) is 16.4. The molecule has 0 bridgehead atoms. The summed E-state index contributed by atoms with van der Waals surface area (Å²) in [4.78, 5) is 7.47. The zero-order valence-electron chi connectivity index (χ0n) is 14.0. The maximum Gasteiger partial charge on any atom is 0.193 e. The molecule has 3 aliphatic rings. The maximum atomic E-state index is 5.48. The molecule has 1 aliphatic carbocycles. The summed E-state index contributed by atoms with van der Waals surface area (Å²) < 4.78 is 5.98. The summed E-state index contributed by atoms with van der Waals surface area (Å²) in [6.07, 6.45) is 8.21. The fourth-order valence-corrected chi connectivity index (χ4v) is 5.46. The van der Waals surface area contributed by atoms with E-state index in [0.29, 0.717) is 10.7 Å². The summed E-state index contributed by atoms with van der Waals surface area (Å²) in [7, 11) is 0. The van der Waals surface area contributed by atoms with Crippen LogP contribution in [0.4, 0.5) is 0 Å². The lowest BCUT2D eigenvalue weighted by Crippen LogP contribution is -2.53. The van der Waals surface area contributed by atoms with Gasteiger partial charge in [0.15, 0.2) is 5.96 Å². The molecule has 0 radical (unpaired) electrons. The molecule has 2 heterocycles. The summed E-state index contributed by atoms with van der Waals surface area (Å²) in [5, 5.41) is 3.52. The van der Waals surface area contributed by atoms with Crippen LogP contribution in [0.3, 0.4) is 0 Å². The first-order chi connectivity index (χ1) is 10.8. The van der Waals surface area contributed by atoms with Crippen molar-refractivity contribution < 1.29 is 4.74 Å². The Morgan fingerprint density at radius 1 is 1.36 bits per heavy atom. The van der Waals surface area contributed by atoms with Gasteiger partial charge in [-0.2, -0.15) is 11.8 Å². The highest BCUT2D eigenvalue weighted by Crippen LogP contribution is 2.42. The second-order valence-electron chi connectivity index (χ2n) is 6.94. The van der Waals surface area contributed by atoms with Gasteiger partial charge in [-0.1, -0.05) is 19.3 Å². The van der Waals surface area contributed by atoms with Crippen LogP contribution in [0.2, 0.25) is 0 Å². The Bertz CT molecular complexity index is 371. The van der Waals surface area contributed by atoms with E-state index in [1.807, 2.05) is 0 Å². The van der Waals surface area contributed by atoms with E-state index < -0.39 is 0 Å². The van der Waals surface area contributed by atoms with Crippen LogP contribution in [0.15, 0.2) is 4.99 Å². The topological polar surface area (TPSA) is 36.9 Å². The van der Waals surface area contributed by atoms with Crippen molar-refractivity contribution in [2.24, 2.45) is 10.9 Å². The number of hydrogen-bond acceptors (Lipinski definition) is 3. The largest absolute Gasteiger partial charge is 0.381 e. The Hall–Kier alpha value is -0.420. The van der Waals surface area contributed by atoms with Crippen LogP contribution in [0.1, 0.15) is 45.4 Å². The molecule has 2 aliphatic heterocycles. The molecule has 4 nitrogen and oxygen atoms in total. The quantitative estimate of drug-likeness (QED) is 0.639. The number of thioether (sulfide) groups is 1. The number of aliphatic imine (C=N–C) groups is 1. The van der Waals surface area contributed by atoms with E-state index in [0.717, 1.165) is 38.8 Å². The van der Waals surface area contributed by atoms with Gasteiger partial charge >= 0.3 is 0 Å². The molecule has 5 heteroatoms. The highest BCUT2D eigenvalue weighted by Gasteiger charge is 2.38. The minimum atomic E-state index is 0.503. The van der Waals surface area contributed by atoms with Crippen molar-refractivity contribution in [1.82, 2.24) is 10.2 Å². The molecule has 1 atom stereocenters. The second-order valence-corrected chi connectivity index (χ2v) is 8.50.